The highest BCUT2D eigenvalue weighted by Crippen LogP contribution is 2.16. The molecule has 0 saturated carbocycles. The maximum absolute atomic E-state index is 12.1. The Morgan fingerprint density at radius 1 is 1.10 bits per heavy atom. The molecular formula is C14H16N2O4S. The number of nitrogens with zero attached hydrogens (tertiary/aromatic N) is 1. The molecule has 0 unspecified atom stereocenters. The van der Waals surface area contributed by atoms with Gasteiger partial charge in [-0.25, -0.2) is 13.4 Å². The van der Waals surface area contributed by atoms with Gasteiger partial charge in [0.25, 0.3) is 10.0 Å². The average molecular weight is 308 g/mol. The molecule has 0 atom stereocenters. The van der Waals surface area contributed by atoms with Crippen molar-refractivity contribution in [3.63, 3.8) is 0 Å². The van der Waals surface area contributed by atoms with Crippen molar-refractivity contribution >= 4 is 15.7 Å². The van der Waals surface area contributed by atoms with Crippen LogP contribution >= 0.6 is 0 Å². The number of aromatic nitrogens is 1. The Labute approximate surface area is 123 Å². The molecule has 0 bridgehead atoms. The van der Waals surface area contributed by atoms with Crippen molar-refractivity contribution in [2.24, 2.45) is 0 Å². The summed E-state index contributed by atoms with van der Waals surface area (Å²) in [6, 6.07) is 11.3. The van der Waals surface area contributed by atoms with E-state index in [0.717, 1.165) is 0 Å². The smallest absolute Gasteiger partial charge is 0.261 e. The summed E-state index contributed by atoms with van der Waals surface area (Å²) < 4.78 is 36.8. The minimum Gasteiger partial charge on any atom is -0.475 e. The zero-order chi connectivity index (χ0) is 15.1. The maximum Gasteiger partial charge on any atom is 0.261 e. The molecule has 1 N–H and O–H groups in total. The third kappa shape index (κ3) is 4.44. The highest BCUT2D eigenvalue weighted by molar-refractivity contribution is 7.92. The predicted octanol–water partition coefficient (Wildman–Crippen LogP) is 1.91. The summed E-state index contributed by atoms with van der Waals surface area (Å²) in [7, 11) is -2.02. The Kier molecular flexibility index (Phi) is 5.13. The van der Waals surface area contributed by atoms with Gasteiger partial charge in [-0.15, -0.1) is 0 Å². The fraction of sp³-hybridized carbons (Fsp3) is 0.214. The van der Waals surface area contributed by atoms with Crippen LogP contribution in [0.1, 0.15) is 0 Å². The van der Waals surface area contributed by atoms with Gasteiger partial charge in [0.1, 0.15) is 6.61 Å². The van der Waals surface area contributed by atoms with Gasteiger partial charge in [0.2, 0.25) is 5.88 Å². The van der Waals surface area contributed by atoms with Crippen molar-refractivity contribution in [2.75, 3.05) is 25.0 Å². The van der Waals surface area contributed by atoms with Gasteiger partial charge in [-0.05, 0) is 18.2 Å². The van der Waals surface area contributed by atoms with Crippen LogP contribution in [0, 0.1) is 0 Å². The molecule has 0 amide bonds. The molecule has 0 saturated heterocycles. The Hall–Kier alpha value is -2.12. The minimum absolute atomic E-state index is 0.199. The van der Waals surface area contributed by atoms with Crippen LogP contribution in [0.5, 0.6) is 5.88 Å². The number of benzene rings is 1. The molecule has 112 valence electrons. The quantitative estimate of drug-likeness (QED) is 0.791. The van der Waals surface area contributed by atoms with Crippen molar-refractivity contribution in [1.82, 2.24) is 4.98 Å². The summed E-state index contributed by atoms with van der Waals surface area (Å²) in [5.74, 6) is 0.412. The summed E-state index contributed by atoms with van der Waals surface area (Å²) in [4.78, 5) is 4.22. The molecule has 0 spiro atoms. The Bertz CT molecular complexity index is 657. The first-order valence-corrected chi connectivity index (χ1v) is 7.76. The lowest BCUT2D eigenvalue weighted by molar-refractivity contribution is 0.144. The molecule has 0 aliphatic heterocycles. The second-order valence-corrected chi connectivity index (χ2v) is 5.83. The summed E-state index contributed by atoms with van der Waals surface area (Å²) in [6.45, 7) is 0.850. The molecular weight excluding hydrogens is 292 g/mol. The second kappa shape index (κ2) is 7.05. The van der Waals surface area contributed by atoms with Gasteiger partial charge in [0.05, 0.1) is 23.4 Å². The Balaban J connectivity index is 2.03. The number of hydrogen-bond acceptors (Lipinski definition) is 5. The van der Waals surface area contributed by atoms with Crippen molar-refractivity contribution in [3.05, 3.63) is 48.7 Å². The van der Waals surface area contributed by atoms with E-state index in [1.54, 1.807) is 37.4 Å². The molecule has 0 fully saturated rings. The van der Waals surface area contributed by atoms with Gasteiger partial charge in [-0.2, -0.15) is 0 Å². The fourth-order valence-corrected chi connectivity index (χ4v) is 2.63. The van der Waals surface area contributed by atoms with E-state index < -0.39 is 10.0 Å². The van der Waals surface area contributed by atoms with Gasteiger partial charge in [0.15, 0.2) is 0 Å². The Morgan fingerprint density at radius 3 is 2.48 bits per heavy atom. The van der Waals surface area contributed by atoms with Crippen LogP contribution in [-0.4, -0.2) is 33.7 Å². The first-order valence-electron chi connectivity index (χ1n) is 6.27. The number of nitrogens with one attached hydrogen (secondary N) is 1. The SMILES string of the molecule is COCCOc1ccc(NS(=O)(=O)c2ccccc2)cn1. The number of rotatable bonds is 7. The lowest BCUT2D eigenvalue weighted by Gasteiger charge is -2.08. The molecule has 2 aromatic rings. The highest BCUT2D eigenvalue weighted by atomic mass is 32.2. The zero-order valence-corrected chi connectivity index (χ0v) is 12.3. The number of pyridine rings is 1. The monoisotopic (exact) mass is 308 g/mol. The maximum atomic E-state index is 12.1. The van der Waals surface area contributed by atoms with Crippen molar-refractivity contribution in [2.45, 2.75) is 4.90 Å². The topological polar surface area (TPSA) is 77.5 Å². The zero-order valence-electron chi connectivity index (χ0n) is 11.5. The van der Waals surface area contributed by atoms with Crippen molar-refractivity contribution in [3.8, 4) is 5.88 Å². The molecule has 1 heterocycles. The first-order chi connectivity index (χ1) is 10.1. The largest absolute Gasteiger partial charge is 0.475 e. The highest BCUT2D eigenvalue weighted by Gasteiger charge is 2.13. The number of sulfonamides is 1. The summed E-state index contributed by atoms with van der Waals surface area (Å²) in [5.41, 5.74) is 0.373. The number of anilines is 1. The number of hydrogen-bond donors (Lipinski definition) is 1. The lowest BCUT2D eigenvalue weighted by atomic mass is 10.4. The van der Waals surface area contributed by atoms with Gasteiger partial charge in [-0.1, -0.05) is 18.2 Å². The van der Waals surface area contributed by atoms with E-state index in [4.69, 9.17) is 9.47 Å². The van der Waals surface area contributed by atoms with Crippen molar-refractivity contribution < 1.29 is 17.9 Å². The Morgan fingerprint density at radius 2 is 1.86 bits per heavy atom. The molecule has 6 nitrogen and oxygen atoms in total. The first kappa shape index (κ1) is 15.3. The van der Waals surface area contributed by atoms with Crippen LogP contribution in [0.2, 0.25) is 0 Å². The van der Waals surface area contributed by atoms with E-state index in [1.165, 1.54) is 18.3 Å². The predicted molar refractivity (Wildman–Crippen MR) is 78.9 cm³/mol. The average Bonchev–Trinajstić information content (AvgIpc) is 2.50. The molecule has 1 aromatic heterocycles. The second-order valence-electron chi connectivity index (χ2n) is 4.14. The summed E-state index contributed by atoms with van der Waals surface area (Å²) in [5, 5.41) is 0. The van der Waals surface area contributed by atoms with Crippen LogP contribution < -0.4 is 9.46 Å². The number of methoxy groups -OCH3 is 1. The fourth-order valence-electron chi connectivity index (χ4n) is 1.57. The third-order valence-electron chi connectivity index (χ3n) is 2.58. The van der Waals surface area contributed by atoms with E-state index in [9.17, 15) is 8.42 Å². The van der Waals surface area contributed by atoms with Crippen LogP contribution in [0.25, 0.3) is 0 Å². The molecule has 0 radical (unpaired) electrons. The number of ether oxygens (including phenoxy) is 2. The summed E-state index contributed by atoms with van der Waals surface area (Å²) in [6.07, 6.45) is 1.41. The van der Waals surface area contributed by atoms with Crippen molar-refractivity contribution in [1.29, 1.82) is 0 Å². The molecule has 0 aliphatic carbocycles. The third-order valence-corrected chi connectivity index (χ3v) is 3.98. The summed E-state index contributed by atoms with van der Waals surface area (Å²) >= 11 is 0. The van der Waals surface area contributed by atoms with E-state index in [1.807, 2.05) is 0 Å². The molecule has 2 rings (SSSR count). The molecule has 21 heavy (non-hydrogen) atoms. The van der Waals surface area contributed by atoms with Gasteiger partial charge >= 0.3 is 0 Å². The van der Waals surface area contributed by atoms with E-state index in [2.05, 4.69) is 9.71 Å². The molecule has 1 aromatic carbocycles. The molecule has 7 heteroatoms. The van der Waals surface area contributed by atoms with Gasteiger partial charge in [-0.3, -0.25) is 4.72 Å². The van der Waals surface area contributed by atoms with Crippen LogP contribution in [0.15, 0.2) is 53.6 Å². The van der Waals surface area contributed by atoms with Crippen LogP contribution in [0.3, 0.4) is 0 Å². The normalized spacial score (nSPS) is 11.1. The standard InChI is InChI=1S/C14H16N2O4S/c1-19-9-10-20-14-8-7-12(11-15-14)16-21(17,18)13-5-3-2-4-6-13/h2-8,11,16H,9-10H2,1H3. The van der Waals surface area contributed by atoms with Gasteiger partial charge < -0.3 is 9.47 Å². The van der Waals surface area contributed by atoms with E-state index in [-0.39, 0.29) is 4.90 Å². The van der Waals surface area contributed by atoms with E-state index >= 15 is 0 Å². The van der Waals surface area contributed by atoms with E-state index in [0.29, 0.717) is 24.8 Å². The van der Waals surface area contributed by atoms with Gasteiger partial charge in [0, 0.05) is 13.2 Å². The lowest BCUT2D eigenvalue weighted by Crippen LogP contribution is -2.13. The minimum atomic E-state index is -3.60. The van der Waals surface area contributed by atoms with Crippen LogP contribution in [-0.2, 0) is 14.8 Å². The van der Waals surface area contributed by atoms with Crippen LogP contribution in [0.4, 0.5) is 5.69 Å². The molecule has 0 aliphatic rings.